The summed E-state index contributed by atoms with van der Waals surface area (Å²) in [5, 5.41) is 9.52. The Morgan fingerprint density at radius 1 is 1.23 bits per heavy atom. The third-order valence-corrected chi connectivity index (χ3v) is 6.73. The number of fused-ring (bicyclic) bond motifs is 7. The molecule has 0 spiro atoms. The first-order valence-corrected chi connectivity index (χ1v) is 10.6. The molecule has 3 aromatic rings. The van der Waals surface area contributed by atoms with Crippen molar-refractivity contribution in [3.05, 3.63) is 59.3 Å². The van der Waals surface area contributed by atoms with E-state index in [4.69, 9.17) is 9.57 Å². The van der Waals surface area contributed by atoms with Crippen LogP contribution < -0.4 is 4.74 Å². The fraction of sp³-hybridized carbons (Fsp3) is 0.348. The van der Waals surface area contributed by atoms with Gasteiger partial charge in [0.25, 0.3) is 11.8 Å². The van der Waals surface area contributed by atoms with E-state index in [2.05, 4.69) is 10.2 Å². The third-order valence-electron chi connectivity index (χ3n) is 6.73. The predicted octanol–water partition coefficient (Wildman–Crippen LogP) is 2.96. The van der Waals surface area contributed by atoms with Crippen LogP contribution in [0.15, 0.2) is 42.5 Å². The van der Waals surface area contributed by atoms with Crippen LogP contribution in [0.1, 0.15) is 46.9 Å². The molecular weight excluding hydrogens is 396 g/mol. The van der Waals surface area contributed by atoms with Crippen molar-refractivity contribution in [2.45, 2.75) is 44.0 Å². The number of ether oxygens (including phenoxy) is 1. The molecule has 0 radical (unpaired) electrons. The van der Waals surface area contributed by atoms with Crippen molar-refractivity contribution in [1.29, 1.82) is 0 Å². The van der Waals surface area contributed by atoms with Gasteiger partial charge in [0.05, 0.1) is 18.7 Å². The number of hydrogen-bond acceptors (Lipinski definition) is 5. The minimum absolute atomic E-state index is 0.157. The Morgan fingerprint density at radius 2 is 2.10 bits per heavy atom. The lowest BCUT2D eigenvalue weighted by molar-refractivity contribution is -0.242. The molecule has 0 saturated carbocycles. The molecule has 3 aliphatic heterocycles. The lowest BCUT2D eigenvalue weighted by atomic mass is 9.81. The highest BCUT2D eigenvalue weighted by Crippen LogP contribution is 2.45. The lowest BCUT2D eigenvalue weighted by Gasteiger charge is -2.54. The molecule has 0 aliphatic carbocycles. The van der Waals surface area contributed by atoms with Gasteiger partial charge in [-0.25, -0.2) is 5.06 Å². The lowest BCUT2D eigenvalue weighted by Crippen LogP contribution is -2.66. The molecule has 6 rings (SSSR count). The first-order chi connectivity index (χ1) is 15.2. The standard InChI is InChI=1S/C23H22N4O4/c1-30-14-9-10-15-13(11-14)12-31-27-21(15)18-7-4-8-19(22(27)28)26(18)23(29)20-16-5-2-3-6-17(16)24-25-20/h2-3,5-6,9-11,18-19,21H,4,7-8,12H2,1H3,(H,24,25). The van der Waals surface area contributed by atoms with Gasteiger partial charge in [-0.05, 0) is 48.6 Å². The first-order valence-electron chi connectivity index (χ1n) is 10.6. The normalized spacial score (nSPS) is 24.7. The van der Waals surface area contributed by atoms with Crippen molar-refractivity contribution in [2.24, 2.45) is 0 Å². The summed E-state index contributed by atoms with van der Waals surface area (Å²) in [6.07, 6.45) is 2.32. The maximum Gasteiger partial charge on any atom is 0.276 e. The van der Waals surface area contributed by atoms with Gasteiger partial charge < -0.3 is 9.64 Å². The summed E-state index contributed by atoms with van der Waals surface area (Å²) in [5.41, 5.74) is 3.16. The Morgan fingerprint density at radius 3 is 2.97 bits per heavy atom. The van der Waals surface area contributed by atoms with Crippen molar-refractivity contribution in [1.82, 2.24) is 20.2 Å². The number of methoxy groups -OCH3 is 1. The van der Waals surface area contributed by atoms with Gasteiger partial charge in [0.2, 0.25) is 0 Å². The van der Waals surface area contributed by atoms with Crippen LogP contribution in [0, 0.1) is 0 Å². The summed E-state index contributed by atoms with van der Waals surface area (Å²) in [7, 11) is 1.63. The van der Waals surface area contributed by atoms with Crippen molar-refractivity contribution < 1.29 is 19.2 Å². The van der Waals surface area contributed by atoms with Crippen molar-refractivity contribution in [3.63, 3.8) is 0 Å². The molecule has 2 amide bonds. The number of carbonyl (C=O) groups is 2. The summed E-state index contributed by atoms with van der Waals surface area (Å²) in [6, 6.07) is 12.3. The first kappa shape index (κ1) is 18.4. The second-order valence-corrected chi connectivity index (χ2v) is 8.29. The smallest absolute Gasteiger partial charge is 0.276 e. The zero-order valence-corrected chi connectivity index (χ0v) is 17.1. The maximum absolute atomic E-state index is 13.7. The summed E-state index contributed by atoms with van der Waals surface area (Å²) in [4.78, 5) is 34.8. The van der Waals surface area contributed by atoms with E-state index in [-0.39, 0.29) is 23.9 Å². The van der Waals surface area contributed by atoms with Crippen LogP contribution in [0.4, 0.5) is 0 Å². The van der Waals surface area contributed by atoms with Crippen LogP contribution in [0.2, 0.25) is 0 Å². The zero-order chi connectivity index (χ0) is 21.1. The zero-order valence-electron chi connectivity index (χ0n) is 17.1. The number of carbonyl (C=O) groups excluding carboxylic acids is 2. The van der Waals surface area contributed by atoms with Crippen LogP contribution in [0.25, 0.3) is 10.9 Å². The Hall–Kier alpha value is -3.39. The monoisotopic (exact) mass is 418 g/mol. The minimum atomic E-state index is -0.530. The molecule has 3 aliphatic rings. The molecule has 3 atom stereocenters. The van der Waals surface area contributed by atoms with Crippen LogP contribution in [-0.2, 0) is 16.2 Å². The second kappa shape index (κ2) is 6.81. The Kier molecular flexibility index (Phi) is 4.04. The van der Waals surface area contributed by atoms with Crippen molar-refractivity contribution in [3.8, 4) is 5.75 Å². The van der Waals surface area contributed by atoms with Crippen LogP contribution in [0.5, 0.6) is 5.75 Å². The SMILES string of the molecule is COc1ccc2c(c1)CON1C(=O)C3CCCC(C21)N3C(=O)c1n[nH]c2ccccc12. The highest BCUT2D eigenvalue weighted by molar-refractivity contribution is 6.06. The molecule has 4 heterocycles. The molecular formula is C23H22N4O4. The molecule has 2 aromatic carbocycles. The summed E-state index contributed by atoms with van der Waals surface area (Å²) in [5.74, 6) is 0.381. The molecule has 1 N–H and O–H groups in total. The molecule has 31 heavy (non-hydrogen) atoms. The molecule has 2 saturated heterocycles. The van der Waals surface area contributed by atoms with Crippen molar-refractivity contribution >= 4 is 22.7 Å². The topological polar surface area (TPSA) is 87.8 Å². The molecule has 158 valence electrons. The van der Waals surface area contributed by atoms with E-state index < -0.39 is 6.04 Å². The van der Waals surface area contributed by atoms with E-state index in [1.165, 1.54) is 5.06 Å². The summed E-state index contributed by atoms with van der Waals surface area (Å²) in [6.45, 7) is 0.312. The highest BCUT2D eigenvalue weighted by atomic mass is 16.7. The average Bonchev–Trinajstić information content (AvgIpc) is 3.25. The number of nitrogens with one attached hydrogen (secondary N) is 1. The quantitative estimate of drug-likeness (QED) is 0.691. The van der Waals surface area contributed by atoms with Gasteiger partial charge in [-0.2, -0.15) is 5.10 Å². The van der Waals surface area contributed by atoms with E-state index in [1.54, 1.807) is 12.0 Å². The Labute approximate surface area is 178 Å². The number of benzene rings is 2. The van der Waals surface area contributed by atoms with Crippen LogP contribution in [0.3, 0.4) is 0 Å². The number of rotatable bonds is 2. The number of hydroxylamine groups is 2. The van der Waals surface area contributed by atoms with E-state index in [0.717, 1.165) is 40.6 Å². The number of nitrogens with zero attached hydrogens (tertiary/aromatic N) is 3. The molecule has 2 bridgehead atoms. The van der Waals surface area contributed by atoms with Gasteiger partial charge in [0.1, 0.15) is 24.4 Å². The van der Waals surface area contributed by atoms with Gasteiger partial charge in [-0.1, -0.05) is 24.3 Å². The largest absolute Gasteiger partial charge is 0.497 e. The fourth-order valence-electron chi connectivity index (χ4n) is 5.30. The average molecular weight is 418 g/mol. The third kappa shape index (κ3) is 2.61. The number of H-pyrrole nitrogens is 1. The molecule has 8 heteroatoms. The Bertz CT molecular complexity index is 1210. The Balaban J connectivity index is 1.45. The van der Waals surface area contributed by atoms with Crippen molar-refractivity contribution in [2.75, 3.05) is 7.11 Å². The van der Waals surface area contributed by atoms with Gasteiger partial charge in [-0.15, -0.1) is 0 Å². The number of piperazine rings is 1. The minimum Gasteiger partial charge on any atom is -0.497 e. The number of para-hydroxylation sites is 1. The van der Waals surface area contributed by atoms with E-state index >= 15 is 0 Å². The highest BCUT2D eigenvalue weighted by Gasteiger charge is 2.54. The molecule has 1 aromatic heterocycles. The summed E-state index contributed by atoms with van der Waals surface area (Å²) >= 11 is 0. The maximum atomic E-state index is 13.7. The van der Waals surface area contributed by atoms with E-state index in [1.807, 2.05) is 42.5 Å². The molecule has 3 unspecified atom stereocenters. The summed E-state index contributed by atoms with van der Waals surface area (Å²) < 4.78 is 5.36. The molecule has 2 fully saturated rings. The van der Waals surface area contributed by atoms with Gasteiger partial charge >= 0.3 is 0 Å². The second-order valence-electron chi connectivity index (χ2n) is 8.29. The number of hydrogen-bond donors (Lipinski definition) is 1. The van der Waals surface area contributed by atoms with E-state index in [9.17, 15) is 9.59 Å². The van der Waals surface area contributed by atoms with Crippen LogP contribution in [-0.4, -0.2) is 51.2 Å². The number of aromatic nitrogens is 2. The van der Waals surface area contributed by atoms with Gasteiger partial charge in [0.15, 0.2) is 5.69 Å². The predicted molar refractivity (Wildman–Crippen MR) is 111 cm³/mol. The number of amides is 2. The van der Waals surface area contributed by atoms with E-state index in [0.29, 0.717) is 18.7 Å². The van der Waals surface area contributed by atoms with Gasteiger partial charge in [0, 0.05) is 5.39 Å². The number of piperidine rings is 1. The number of aromatic amines is 1. The molecule has 8 nitrogen and oxygen atoms in total. The van der Waals surface area contributed by atoms with Gasteiger partial charge in [-0.3, -0.25) is 19.5 Å². The fourth-order valence-corrected chi connectivity index (χ4v) is 5.30. The van der Waals surface area contributed by atoms with Crippen LogP contribution >= 0.6 is 0 Å².